The number of unbranched alkanes of at least 4 members (excludes halogenated alkanes) is 2. The molecule has 2 aromatic rings. The second-order valence-electron chi connectivity index (χ2n) is 8.26. The number of carbonyl (C=O) groups excluding carboxylic acids is 1. The highest BCUT2D eigenvalue weighted by molar-refractivity contribution is 5.79. The zero-order valence-corrected chi connectivity index (χ0v) is 17.0. The highest BCUT2D eigenvalue weighted by Crippen LogP contribution is 2.40. The summed E-state index contributed by atoms with van der Waals surface area (Å²) < 4.78 is 40.4. The molecule has 0 spiro atoms. The summed E-state index contributed by atoms with van der Waals surface area (Å²) in [5, 5.41) is 0. The summed E-state index contributed by atoms with van der Waals surface area (Å²) >= 11 is 0. The Morgan fingerprint density at radius 2 is 1.66 bits per heavy atom. The van der Waals surface area contributed by atoms with Crippen molar-refractivity contribution < 1.29 is 18.0 Å². The van der Waals surface area contributed by atoms with Gasteiger partial charge in [-0.3, -0.25) is 4.79 Å². The van der Waals surface area contributed by atoms with E-state index in [9.17, 15) is 18.0 Å². The molecule has 1 nitrogen and oxygen atoms in total. The highest BCUT2D eigenvalue weighted by atomic mass is 19.4. The third kappa shape index (κ3) is 5.49. The van der Waals surface area contributed by atoms with Crippen LogP contribution in [0.3, 0.4) is 0 Å². The number of alkyl halides is 3. The Hall–Kier alpha value is -2.10. The number of rotatable bonds is 7. The number of halogens is 3. The van der Waals surface area contributed by atoms with Crippen molar-refractivity contribution in [1.29, 1.82) is 0 Å². The third-order valence-corrected chi connectivity index (χ3v) is 6.24. The molecule has 0 aliphatic heterocycles. The van der Waals surface area contributed by atoms with E-state index in [1.165, 1.54) is 56.2 Å². The van der Waals surface area contributed by atoms with Crippen molar-refractivity contribution in [3.05, 3.63) is 59.2 Å². The maximum Gasteiger partial charge on any atom is 0.417 e. The fraction of sp³-hybridized carbons (Fsp3) is 0.480. The molecule has 156 valence electrons. The third-order valence-electron chi connectivity index (χ3n) is 6.24. The van der Waals surface area contributed by atoms with Crippen molar-refractivity contribution in [3.63, 3.8) is 0 Å². The largest absolute Gasteiger partial charge is 0.417 e. The second kappa shape index (κ2) is 9.60. The van der Waals surface area contributed by atoms with E-state index in [-0.39, 0.29) is 11.1 Å². The van der Waals surface area contributed by atoms with Crippen molar-refractivity contribution in [2.45, 2.75) is 70.4 Å². The Morgan fingerprint density at radius 1 is 0.966 bits per heavy atom. The first-order valence-corrected chi connectivity index (χ1v) is 10.7. The number of carbonyl (C=O) groups is 1. The van der Waals surface area contributed by atoms with E-state index in [1.807, 2.05) is 12.1 Å². The van der Waals surface area contributed by atoms with Gasteiger partial charge in [0.05, 0.1) is 5.56 Å². The zero-order chi connectivity index (χ0) is 20.9. The first kappa shape index (κ1) is 21.6. The monoisotopic (exact) mass is 402 g/mol. The Morgan fingerprint density at radius 3 is 2.24 bits per heavy atom. The van der Waals surface area contributed by atoms with E-state index in [2.05, 4.69) is 6.92 Å². The van der Waals surface area contributed by atoms with Crippen LogP contribution in [0, 0.1) is 5.92 Å². The van der Waals surface area contributed by atoms with Crippen molar-refractivity contribution in [3.8, 4) is 11.1 Å². The highest BCUT2D eigenvalue weighted by Gasteiger charge is 2.34. The lowest BCUT2D eigenvalue weighted by Crippen LogP contribution is -2.13. The molecule has 1 saturated carbocycles. The Balaban J connectivity index is 1.71. The molecule has 1 aliphatic rings. The molecular formula is C25H29F3O. The molecule has 4 heteroatoms. The van der Waals surface area contributed by atoms with Gasteiger partial charge in [-0.15, -0.1) is 0 Å². The number of hydrogen-bond acceptors (Lipinski definition) is 1. The summed E-state index contributed by atoms with van der Waals surface area (Å²) in [6, 6.07) is 11.3. The smallest absolute Gasteiger partial charge is 0.298 e. The summed E-state index contributed by atoms with van der Waals surface area (Å²) in [4.78, 5) is 10.9. The first-order valence-electron chi connectivity index (χ1n) is 10.7. The molecule has 0 bridgehead atoms. The summed E-state index contributed by atoms with van der Waals surface area (Å²) in [6.07, 6.45) is 6.01. The van der Waals surface area contributed by atoms with Crippen LogP contribution in [-0.2, 0) is 6.18 Å². The van der Waals surface area contributed by atoms with Gasteiger partial charge in [0.25, 0.3) is 0 Å². The summed E-state index contributed by atoms with van der Waals surface area (Å²) in [5.74, 6) is 1.34. The summed E-state index contributed by atoms with van der Waals surface area (Å²) in [6.45, 7) is 2.23. The predicted octanol–water partition coefficient (Wildman–Crippen LogP) is 8.04. The van der Waals surface area contributed by atoms with Crippen LogP contribution in [0.15, 0.2) is 42.5 Å². The molecule has 1 fully saturated rings. The van der Waals surface area contributed by atoms with Crippen LogP contribution in [0.2, 0.25) is 0 Å². The van der Waals surface area contributed by atoms with Crippen molar-refractivity contribution in [2.24, 2.45) is 5.92 Å². The molecule has 0 unspecified atom stereocenters. The lowest BCUT2D eigenvalue weighted by Gasteiger charge is -2.29. The molecule has 0 radical (unpaired) electrons. The van der Waals surface area contributed by atoms with Crippen LogP contribution < -0.4 is 0 Å². The van der Waals surface area contributed by atoms with Gasteiger partial charge in [0, 0.05) is 5.56 Å². The molecule has 0 aromatic heterocycles. The molecule has 0 amide bonds. The molecule has 0 saturated heterocycles. The van der Waals surface area contributed by atoms with Crippen LogP contribution in [0.5, 0.6) is 0 Å². The molecule has 0 heterocycles. The van der Waals surface area contributed by atoms with Gasteiger partial charge in [-0.2, -0.15) is 13.2 Å². The summed E-state index contributed by atoms with van der Waals surface area (Å²) in [7, 11) is 0. The summed E-state index contributed by atoms with van der Waals surface area (Å²) in [5.41, 5.74) is 1.15. The Labute approximate surface area is 171 Å². The van der Waals surface area contributed by atoms with Crippen LogP contribution >= 0.6 is 0 Å². The topological polar surface area (TPSA) is 17.1 Å². The maximum absolute atomic E-state index is 13.5. The van der Waals surface area contributed by atoms with Crippen LogP contribution in [-0.4, -0.2) is 6.29 Å². The molecule has 1 aliphatic carbocycles. The van der Waals surface area contributed by atoms with Crippen molar-refractivity contribution in [1.82, 2.24) is 0 Å². The number of aldehydes is 1. The number of benzene rings is 2. The van der Waals surface area contributed by atoms with E-state index >= 15 is 0 Å². The van der Waals surface area contributed by atoms with Crippen LogP contribution in [0.25, 0.3) is 11.1 Å². The fourth-order valence-corrected chi connectivity index (χ4v) is 4.52. The number of hydrogen-bond donors (Lipinski definition) is 0. The van der Waals surface area contributed by atoms with Gasteiger partial charge in [0.2, 0.25) is 0 Å². The minimum absolute atomic E-state index is 0.0355. The van der Waals surface area contributed by atoms with Gasteiger partial charge in [-0.05, 0) is 60.3 Å². The Kier molecular flexibility index (Phi) is 7.15. The lowest BCUT2D eigenvalue weighted by atomic mass is 9.77. The normalized spacial score (nSPS) is 19.9. The molecule has 0 atom stereocenters. The van der Waals surface area contributed by atoms with E-state index in [0.29, 0.717) is 17.8 Å². The SMILES string of the molecule is CCCCCC1CCC(c2ccc(-c3ccc(C=O)cc3C(F)(F)F)cc2)CC1. The maximum atomic E-state index is 13.5. The van der Waals surface area contributed by atoms with E-state index in [1.54, 1.807) is 12.1 Å². The van der Waals surface area contributed by atoms with Crippen molar-refractivity contribution >= 4 is 6.29 Å². The van der Waals surface area contributed by atoms with E-state index < -0.39 is 11.7 Å². The van der Waals surface area contributed by atoms with Crippen LogP contribution in [0.4, 0.5) is 13.2 Å². The standard InChI is InChI=1S/C25H29F3O/c1-2-3-4-5-18-6-9-20(10-7-18)21-11-13-22(14-12-21)23-15-8-19(17-29)16-24(23)25(26,27)28/h8,11-18,20H,2-7,9-10H2,1H3. The van der Waals surface area contributed by atoms with Crippen LogP contribution in [0.1, 0.15) is 85.7 Å². The quantitative estimate of drug-likeness (QED) is 0.338. The molecule has 0 N–H and O–H groups in total. The Bertz CT molecular complexity index is 800. The average Bonchev–Trinajstić information content (AvgIpc) is 2.73. The average molecular weight is 403 g/mol. The molecular weight excluding hydrogens is 373 g/mol. The van der Waals surface area contributed by atoms with Gasteiger partial charge < -0.3 is 0 Å². The van der Waals surface area contributed by atoms with Crippen molar-refractivity contribution in [2.75, 3.05) is 0 Å². The van der Waals surface area contributed by atoms with E-state index in [4.69, 9.17) is 0 Å². The second-order valence-corrected chi connectivity index (χ2v) is 8.26. The van der Waals surface area contributed by atoms with Gasteiger partial charge in [0.1, 0.15) is 6.29 Å². The lowest BCUT2D eigenvalue weighted by molar-refractivity contribution is -0.137. The fourth-order valence-electron chi connectivity index (χ4n) is 4.52. The molecule has 3 rings (SSSR count). The first-order chi connectivity index (χ1) is 13.9. The van der Waals surface area contributed by atoms with Gasteiger partial charge in [-0.25, -0.2) is 0 Å². The van der Waals surface area contributed by atoms with Gasteiger partial charge >= 0.3 is 6.18 Å². The molecule has 2 aromatic carbocycles. The molecule has 29 heavy (non-hydrogen) atoms. The van der Waals surface area contributed by atoms with Gasteiger partial charge in [0.15, 0.2) is 0 Å². The minimum atomic E-state index is -4.50. The minimum Gasteiger partial charge on any atom is -0.298 e. The predicted molar refractivity (Wildman–Crippen MR) is 111 cm³/mol. The van der Waals surface area contributed by atoms with E-state index in [0.717, 1.165) is 24.8 Å². The zero-order valence-electron chi connectivity index (χ0n) is 17.0. The van der Waals surface area contributed by atoms with Gasteiger partial charge in [-0.1, -0.05) is 69.0 Å².